The molecule has 0 unspecified atom stereocenters. The molecule has 1 amide bonds. The number of primary sulfonamides is 1. The molecular weight excluding hydrogens is 320 g/mol. The molecule has 110 valence electrons. The highest BCUT2D eigenvalue weighted by Gasteiger charge is 2.25. The summed E-state index contributed by atoms with van der Waals surface area (Å²) in [6.45, 7) is 0. The van der Waals surface area contributed by atoms with Crippen molar-refractivity contribution < 1.29 is 18.1 Å². The van der Waals surface area contributed by atoms with Gasteiger partial charge in [-0.2, -0.15) is 0 Å². The lowest BCUT2D eigenvalue weighted by molar-refractivity contribution is -0.380. The standard InChI is InChI=1S/C10H8N4O5S2/c11-9(15)5-2-1-3-6(8(5)21(12,18)19)10-13-4-7(20-10)14(16)17/h1-4H,(H2,11,15)(H2,12,18,19). The summed E-state index contributed by atoms with van der Waals surface area (Å²) < 4.78 is 23.4. The van der Waals surface area contributed by atoms with Gasteiger partial charge in [0.15, 0.2) is 0 Å². The molecule has 0 radical (unpaired) electrons. The van der Waals surface area contributed by atoms with Crippen molar-refractivity contribution in [3.05, 3.63) is 40.1 Å². The minimum Gasteiger partial charge on any atom is -0.366 e. The highest BCUT2D eigenvalue weighted by molar-refractivity contribution is 7.89. The Morgan fingerprint density at radius 3 is 2.52 bits per heavy atom. The zero-order valence-electron chi connectivity index (χ0n) is 10.2. The fourth-order valence-corrected chi connectivity index (χ4v) is 3.46. The van der Waals surface area contributed by atoms with Crippen LogP contribution in [0.5, 0.6) is 0 Å². The molecule has 11 heteroatoms. The van der Waals surface area contributed by atoms with E-state index in [1.165, 1.54) is 18.2 Å². The summed E-state index contributed by atoms with van der Waals surface area (Å²) in [4.78, 5) is 24.6. The largest absolute Gasteiger partial charge is 0.366 e. The number of thiazole rings is 1. The number of nitrogens with zero attached hydrogens (tertiary/aromatic N) is 2. The van der Waals surface area contributed by atoms with Crippen LogP contribution in [0.3, 0.4) is 0 Å². The van der Waals surface area contributed by atoms with Gasteiger partial charge in [0, 0.05) is 5.56 Å². The summed E-state index contributed by atoms with van der Waals surface area (Å²) >= 11 is 0.662. The van der Waals surface area contributed by atoms with Crippen molar-refractivity contribution in [2.24, 2.45) is 10.9 Å². The van der Waals surface area contributed by atoms with Crippen LogP contribution < -0.4 is 10.9 Å². The van der Waals surface area contributed by atoms with E-state index in [0.29, 0.717) is 11.3 Å². The number of nitrogens with two attached hydrogens (primary N) is 2. The Balaban J connectivity index is 2.77. The van der Waals surface area contributed by atoms with Crippen molar-refractivity contribution in [3.63, 3.8) is 0 Å². The van der Waals surface area contributed by atoms with E-state index < -0.39 is 25.7 Å². The van der Waals surface area contributed by atoms with Gasteiger partial charge < -0.3 is 5.73 Å². The molecule has 4 N–H and O–H groups in total. The van der Waals surface area contributed by atoms with Gasteiger partial charge in [0.2, 0.25) is 15.9 Å². The maximum Gasteiger partial charge on any atom is 0.344 e. The molecule has 1 heterocycles. The quantitative estimate of drug-likeness (QED) is 0.612. The molecule has 1 aromatic carbocycles. The predicted molar refractivity (Wildman–Crippen MR) is 74.1 cm³/mol. The number of hydrogen-bond donors (Lipinski definition) is 2. The van der Waals surface area contributed by atoms with E-state index >= 15 is 0 Å². The van der Waals surface area contributed by atoms with Crippen molar-refractivity contribution >= 4 is 32.3 Å². The average molecular weight is 328 g/mol. The summed E-state index contributed by atoms with van der Waals surface area (Å²) in [5.74, 6) is -0.980. The third-order valence-electron chi connectivity index (χ3n) is 2.47. The SMILES string of the molecule is NC(=O)c1cccc(-c2ncc([N+](=O)[O-])s2)c1S(N)(=O)=O. The molecule has 0 spiro atoms. The molecule has 2 aromatic rings. The number of benzene rings is 1. The van der Waals surface area contributed by atoms with Crippen molar-refractivity contribution in [2.45, 2.75) is 4.90 Å². The van der Waals surface area contributed by atoms with Gasteiger partial charge in [-0.3, -0.25) is 14.9 Å². The molecule has 0 aliphatic heterocycles. The Labute approximate surface area is 122 Å². The highest BCUT2D eigenvalue weighted by atomic mass is 32.2. The van der Waals surface area contributed by atoms with Crippen LogP contribution in [-0.2, 0) is 10.0 Å². The summed E-state index contributed by atoms with van der Waals surface area (Å²) in [6, 6.07) is 3.93. The third kappa shape index (κ3) is 2.89. The lowest BCUT2D eigenvalue weighted by Gasteiger charge is -2.08. The van der Waals surface area contributed by atoms with E-state index in [1.807, 2.05) is 0 Å². The molecule has 0 aliphatic carbocycles. The highest BCUT2D eigenvalue weighted by Crippen LogP contribution is 2.34. The number of hydrogen-bond acceptors (Lipinski definition) is 7. The monoisotopic (exact) mass is 328 g/mol. The molecular formula is C10H8N4O5S2. The number of rotatable bonds is 4. The zero-order chi connectivity index (χ0) is 15.8. The van der Waals surface area contributed by atoms with Crippen LogP contribution in [0.4, 0.5) is 5.00 Å². The van der Waals surface area contributed by atoms with Crippen molar-refractivity contribution in [1.29, 1.82) is 0 Å². The molecule has 0 atom stereocenters. The Kier molecular flexibility index (Phi) is 3.72. The summed E-state index contributed by atoms with van der Waals surface area (Å²) in [5, 5.41) is 15.6. The topological polar surface area (TPSA) is 159 Å². The molecule has 0 aliphatic rings. The van der Waals surface area contributed by atoms with Gasteiger partial charge in [-0.15, -0.1) is 0 Å². The predicted octanol–water partition coefficient (Wildman–Crippen LogP) is 0.465. The van der Waals surface area contributed by atoms with Gasteiger partial charge in [-0.05, 0) is 17.4 Å². The Hall–Kier alpha value is -2.37. The van der Waals surface area contributed by atoms with Crippen LogP contribution in [-0.4, -0.2) is 24.2 Å². The molecule has 0 bridgehead atoms. The average Bonchev–Trinajstić information content (AvgIpc) is 2.86. The fraction of sp³-hybridized carbons (Fsp3) is 0. The van der Waals surface area contributed by atoms with E-state index in [9.17, 15) is 23.3 Å². The molecule has 0 saturated heterocycles. The van der Waals surface area contributed by atoms with Gasteiger partial charge in [0.25, 0.3) is 0 Å². The lowest BCUT2D eigenvalue weighted by Crippen LogP contribution is -2.21. The van der Waals surface area contributed by atoms with Crippen LogP contribution >= 0.6 is 11.3 Å². The van der Waals surface area contributed by atoms with E-state index in [-0.39, 0.29) is 21.1 Å². The molecule has 1 aromatic heterocycles. The number of nitro groups is 1. The first-order valence-electron chi connectivity index (χ1n) is 5.28. The first-order chi connectivity index (χ1) is 9.71. The summed E-state index contributed by atoms with van der Waals surface area (Å²) in [6.07, 6.45) is 0.990. The minimum absolute atomic E-state index is 0.00750. The smallest absolute Gasteiger partial charge is 0.344 e. The van der Waals surface area contributed by atoms with Gasteiger partial charge in [-0.25, -0.2) is 18.5 Å². The first-order valence-corrected chi connectivity index (χ1v) is 7.64. The molecule has 0 saturated carbocycles. The summed E-state index contributed by atoms with van der Waals surface area (Å²) in [5.41, 5.74) is 4.82. The van der Waals surface area contributed by atoms with Crippen LogP contribution in [0.1, 0.15) is 10.4 Å². The van der Waals surface area contributed by atoms with E-state index in [0.717, 1.165) is 6.20 Å². The number of primary amides is 1. The summed E-state index contributed by atoms with van der Waals surface area (Å²) in [7, 11) is -4.27. The van der Waals surface area contributed by atoms with Crippen molar-refractivity contribution in [1.82, 2.24) is 4.98 Å². The van der Waals surface area contributed by atoms with Crippen molar-refractivity contribution in [3.8, 4) is 10.6 Å². The van der Waals surface area contributed by atoms with Gasteiger partial charge in [-0.1, -0.05) is 12.1 Å². The second-order valence-corrected chi connectivity index (χ2v) is 6.36. The Morgan fingerprint density at radius 2 is 2.05 bits per heavy atom. The number of amides is 1. The number of aromatic nitrogens is 1. The molecule has 2 rings (SSSR count). The van der Waals surface area contributed by atoms with E-state index in [4.69, 9.17) is 10.9 Å². The van der Waals surface area contributed by atoms with E-state index in [2.05, 4.69) is 4.98 Å². The van der Waals surface area contributed by atoms with Crippen LogP contribution in [0.15, 0.2) is 29.3 Å². The molecule has 9 nitrogen and oxygen atoms in total. The van der Waals surface area contributed by atoms with Gasteiger partial charge in [0.05, 0.1) is 10.5 Å². The number of sulfonamides is 1. The van der Waals surface area contributed by atoms with Crippen LogP contribution in [0.25, 0.3) is 10.6 Å². The van der Waals surface area contributed by atoms with Crippen LogP contribution in [0.2, 0.25) is 0 Å². The van der Waals surface area contributed by atoms with Crippen LogP contribution in [0, 0.1) is 10.1 Å². The van der Waals surface area contributed by atoms with Gasteiger partial charge >= 0.3 is 5.00 Å². The zero-order valence-corrected chi connectivity index (χ0v) is 11.8. The van der Waals surface area contributed by atoms with Gasteiger partial charge in [0.1, 0.15) is 16.1 Å². The number of carbonyl (C=O) groups is 1. The Morgan fingerprint density at radius 1 is 1.38 bits per heavy atom. The fourth-order valence-electron chi connectivity index (χ4n) is 1.68. The maximum absolute atomic E-state index is 11.7. The second-order valence-electron chi connectivity index (χ2n) is 3.85. The lowest BCUT2D eigenvalue weighted by atomic mass is 10.1. The molecule has 0 fully saturated rings. The number of carbonyl (C=O) groups excluding carboxylic acids is 1. The Bertz CT molecular complexity index is 843. The minimum atomic E-state index is -4.27. The normalized spacial score (nSPS) is 11.3. The first kappa shape index (κ1) is 15.0. The maximum atomic E-state index is 11.7. The van der Waals surface area contributed by atoms with Crippen molar-refractivity contribution in [2.75, 3.05) is 0 Å². The second kappa shape index (κ2) is 5.20. The molecule has 21 heavy (non-hydrogen) atoms. The van der Waals surface area contributed by atoms with E-state index in [1.54, 1.807) is 0 Å². The third-order valence-corrected chi connectivity index (χ3v) is 4.46.